The molecule has 0 heterocycles. The predicted octanol–water partition coefficient (Wildman–Crippen LogP) is 3.19. The monoisotopic (exact) mass is 252 g/mol. The molecule has 0 bridgehead atoms. The largest absolute Gasteiger partial charge is 0.506 e. The Morgan fingerprint density at radius 1 is 1.31 bits per heavy atom. The molecule has 0 aliphatic heterocycles. The van der Waals surface area contributed by atoms with E-state index in [0.717, 1.165) is 15.2 Å². The van der Waals surface area contributed by atoms with Gasteiger partial charge in [0.05, 0.1) is 11.5 Å². The fraction of sp³-hybridized carbons (Fsp3) is 0. The number of halogens is 1. The number of fused-ring (bicyclic) bond motifs is 1. The third-order valence-corrected chi connectivity index (χ3v) is 2.72. The van der Waals surface area contributed by atoms with Gasteiger partial charge >= 0.3 is 16.6 Å². The van der Waals surface area contributed by atoms with Gasteiger partial charge in [0.1, 0.15) is 0 Å². The Labute approximate surface area is 88.4 Å². The summed E-state index contributed by atoms with van der Waals surface area (Å²) in [5, 5.41) is 2.03. The van der Waals surface area contributed by atoms with Gasteiger partial charge in [-0.3, -0.25) is 0 Å². The molecule has 0 amide bonds. The predicted molar refractivity (Wildman–Crippen MR) is 56.8 cm³/mol. The number of hydrogen-bond acceptors (Lipinski definition) is 1. The van der Waals surface area contributed by atoms with E-state index >= 15 is 0 Å². The Morgan fingerprint density at radius 2 is 2.08 bits per heavy atom. The zero-order chi connectivity index (χ0) is 9.26. The average molecular weight is 253 g/mol. The van der Waals surface area contributed by atoms with Crippen molar-refractivity contribution in [3.63, 3.8) is 0 Å². The molecule has 1 radical (unpaired) electrons. The van der Waals surface area contributed by atoms with Crippen LogP contribution >= 0.6 is 15.9 Å². The van der Waals surface area contributed by atoms with E-state index in [-0.39, 0.29) is 0 Å². The highest BCUT2D eigenvalue weighted by Gasteiger charge is 2.13. The third kappa shape index (κ3) is 1.62. The van der Waals surface area contributed by atoms with Gasteiger partial charge in [0.25, 0.3) is 0 Å². The van der Waals surface area contributed by atoms with Crippen molar-refractivity contribution in [2.75, 3.05) is 0 Å². The topological polar surface area (TPSA) is 17.1 Å². The molecule has 3 heteroatoms. The minimum Gasteiger partial charge on any atom is -0.0616 e. The van der Waals surface area contributed by atoms with E-state index < -0.39 is 0 Å². The molecule has 0 saturated heterocycles. The SMILES string of the molecule is O=[S+]c1[c]c(Br)cc2ccccc12. The summed E-state index contributed by atoms with van der Waals surface area (Å²) in [4.78, 5) is 0.643. The maximum absolute atomic E-state index is 10.8. The minimum absolute atomic E-state index is 0.477. The second kappa shape index (κ2) is 3.52. The lowest BCUT2D eigenvalue weighted by Gasteiger charge is -1.94. The molecule has 0 N–H and O–H groups in total. The van der Waals surface area contributed by atoms with Crippen LogP contribution in [-0.4, -0.2) is 0 Å². The summed E-state index contributed by atoms with van der Waals surface area (Å²) in [5.74, 6) is 0. The lowest BCUT2D eigenvalue weighted by molar-refractivity contribution is 0.605. The summed E-state index contributed by atoms with van der Waals surface area (Å²) in [6.07, 6.45) is 0. The smallest absolute Gasteiger partial charge is 0.0616 e. The quantitative estimate of drug-likeness (QED) is 0.713. The van der Waals surface area contributed by atoms with Gasteiger partial charge in [-0.05, 0) is 33.4 Å². The molecule has 0 unspecified atom stereocenters. The van der Waals surface area contributed by atoms with Crippen LogP contribution in [0, 0.1) is 6.07 Å². The molecule has 0 fully saturated rings. The highest BCUT2D eigenvalue weighted by Crippen LogP contribution is 2.23. The van der Waals surface area contributed by atoms with Gasteiger partial charge in [-0.15, -0.1) is 0 Å². The normalized spacial score (nSPS) is 10.2. The van der Waals surface area contributed by atoms with Gasteiger partial charge in [0.15, 0.2) is 0 Å². The van der Waals surface area contributed by atoms with E-state index in [1.807, 2.05) is 30.3 Å². The Balaban J connectivity index is 2.89. The fourth-order valence-electron chi connectivity index (χ4n) is 1.24. The van der Waals surface area contributed by atoms with Crippen LogP contribution in [0.5, 0.6) is 0 Å². The molecule has 0 aliphatic carbocycles. The van der Waals surface area contributed by atoms with Crippen molar-refractivity contribution in [3.8, 4) is 0 Å². The van der Waals surface area contributed by atoms with Crippen LogP contribution < -0.4 is 0 Å². The zero-order valence-electron chi connectivity index (χ0n) is 6.58. The molecular weight excluding hydrogens is 248 g/mol. The van der Waals surface area contributed by atoms with Crippen LogP contribution in [0.1, 0.15) is 0 Å². The highest BCUT2D eigenvalue weighted by atomic mass is 79.9. The molecule has 2 aromatic rings. The molecule has 63 valence electrons. The first-order valence-electron chi connectivity index (χ1n) is 3.71. The minimum atomic E-state index is 0.477. The van der Waals surface area contributed by atoms with Crippen LogP contribution in [0.3, 0.4) is 0 Å². The standard InChI is InChI=1S/C10H5BrOS/c11-8-5-7-3-1-2-4-9(7)10(6-8)13-12/h1-5H/q+1. The van der Waals surface area contributed by atoms with Crippen LogP contribution in [0.15, 0.2) is 39.7 Å². The molecule has 0 aromatic heterocycles. The highest BCUT2D eigenvalue weighted by molar-refractivity contribution is 9.10. The fourth-order valence-corrected chi connectivity index (χ4v) is 2.25. The first kappa shape index (κ1) is 8.78. The molecule has 2 aromatic carbocycles. The van der Waals surface area contributed by atoms with Crippen molar-refractivity contribution in [2.45, 2.75) is 4.90 Å². The van der Waals surface area contributed by atoms with Crippen molar-refractivity contribution in [2.24, 2.45) is 0 Å². The van der Waals surface area contributed by atoms with E-state index in [0.29, 0.717) is 16.6 Å². The first-order chi connectivity index (χ1) is 6.31. The average Bonchev–Trinajstić information content (AvgIpc) is 2.16. The van der Waals surface area contributed by atoms with Crippen LogP contribution in [-0.2, 0) is 15.9 Å². The molecular formula is C10H5BrOS+. The first-order valence-corrected chi connectivity index (χ1v) is 5.25. The van der Waals surface area contributed by atoms with Crippen molar-refractivity contribution < 1.29 is 4.21 Å². The number of benzene rings is 2. The van der Waals surface area contributed by atoms with Gasteiger partial charge < -0.3 is 0 Å². The van der Waals surface area contributed by atoms with Gasteiger partial charge in [0, 0.05) is 8.68 Å². The van der Waals surface area contributed by atoms with Crippen molar-refractivity contribution >= 4 is 38.4 Å². The van der Waals surface area contributed by atoms with Crippen molar-refractivity contribution in [1.82, 2.24) is 0 Å². The second-order valence-corrected chi connectivity index (χ2v) is 4.05. The van der Waals surface area contributed by atoms with Gasteiger partial charge in [-0.25, -0.2) is 0 Å². The van der Waals surface area contributed by atoms with E-state index in [9.17, 15) is 4.21 Å². The Kier molecular flexibility index (Phi) is 2.38. The summed E-state index contributed by atoms with van der Waals surface area (Å²) in [6, 6.07) is 12.7. The lowest BCUT2D eigenvalue weighted by atomic mass is 10.1. The molecule has 0 atom stereocenters. The van der Waals surface area contributed by atoms with Crippen molar-refractivity contribution in [1.29, 1.82) is 0 Å². The molecule has 0 spiro atoms. The Morgan fingerprint density at radius 3 is 2.85 bits per heavy atom. The maximum atomic E-state index is 10.8. The number of hydrogen-bond donors (Lipinski definition) is 0. The van der Waals surface area contributed by atoms with Crippen LogP contribution in [0.4, 0.5) is 0 Å². The molecule has 13 heavy (non-hydrogen) atoms. The van der Waals surface area contributed by atoms with E-state index in [1.165, 1.54) is 0 Å². The summed E-state index contributed by atoms with van der Waals surface area (Å²) >= 11 is 3.79. The maximum Gasteiger partial charge on any atom is 0.506 e. The van der Waals surface area contributed by atoms with E-state index in [1.54, 1.807) is 0 Å². The molecule has 1 nitrogen and oxygen atoms in total. The summed E-state index contributed by atoms with van der Waals surface area (Å²) in [5.41, 5.74) is 0. The Hall–Kier alpha value is -0.800. The van der Waals surface area contributed by atoms with Crippen molar-refractivity contribution in [3.05, 3.63) is 40.9 Å². The van der Waals surface area contributed by atoms with E-state index in [4.69, 9.17) is 0 Å². The third-order valence-electron chi connectivity index (χ3n) is 1.80. The molecule has 0 aliphatic rings. The second-order valence-electron chi connectivity index (χ2n) is 2.62. The van der Waals surface area contributed by atoms with E-state index in [2.05, 4.69) is 22.0 Å². The van der Waals surface area contributed by atoms with Crippen LogP contribution in [0.2, 0.25) is 0 Å². The summed E-state index contributed by atoms with van der Waals surface area (Å²) in [7, 11) is 0. The van der Waals surface area contributed by atoms with Gasteiger partial charge in [-0.1, -0.05) is 18.2 Å². The molecule has 0 saturated carbocycles. The lowest BCUT2D eigenvalue weighted by Crippen LogP contribution is -1.80. The molecule has 2 rings (SSSR count). The summed E-state index contributed by atoms with van der Waals surface area (Å²) in [6.45, 7) is 0. The zero-order valence-corrected chi connectivity index (χ0v) is 8.98. The van der Waals surface area contributed by atoms with Gasteiger partial charge in [0.2, 0.25) is 0 Å². The number of rotatable bonds is 1. The Bertz CT molecular complexity index is 467. The van der Waals surface area contributed by atoms with Gasteiger partial charge in [-0.2, -0.15) is 0 Å². The summed E-state index contributed by atoms with van der Waals surface area (Å²) < 4.78 is 11.6. The van der Waals surface area contributed by atoms with Crippen LogP contribution in [0.25, 0.3) is 10.8 Å².